The van der Waals surface area contributed by atoms with E-state index in [-0.39, 0.29) is 28.6 Å². The van der Waals surface area contributed by atoms with Crippen LogP contribution in [-0.2, 0) is 4.79 Å². The number of aromatic nitrogens is 2. The molecule has 7 nitrogen and oxygen atoms in total. The van der Waals surface area contributed by atoms with Crippen LogP contribution in [0.25, 0.3) is 22.0 Å². The maximum absolute atomic E-state index is 15.3. The normalized spacial score (nSPS) is 13.9. The number of para-hydroxylation sites is 1. The molecule has 2 N–H and O–H groups in total. The van der Waals surface area contributed by atoms with Gasteiger partial charge in [-0.05, 0) is 31.3 Å². The maximum Gasteiger partial charge on any atom is 0.247 e. The number of carbonyl (C=O) groups excluding carboxylic acids is 1. The van der Waals surface area contributed by atoms with Crippen molar-refractivity contribution in [2.75, 3.05) is 48.8 Å². The Kier molecular flexibility index (Phi) is 6.97. The van der Waals surface area contributed by atoms with Gasteiger partial charge in [0.15, 0.2) is 17.5 Å². The van der Waals surface area contributed by atoms with Crippen molar-refractivity contribution in [1.82, 2.24) is 14.9 Å². The summed E-state index contributed by atoms with van der Waals surface area (Å²) < 4.78 is 45.4. The zero-order valence-corrected chi connectivity index (χ0v) is 20.6. The van der Waals surface area contributed by atoms with Gasteiger partial charge in [0, 0.05) is 48.9 Å². The van der Waals surface area contributed by atoms with Crippen molar-refractivity contribution in [3.05, 3.63) is 84.8 Å². The summed E-state index contributed by atoms with van der Waals surface area (Å²) in [5.41, 5.74) is 1.13. The number of nitrogens with one attached hydrogen (secondary N) is 2. The first-order valence-electron chi connectivity index (χ1n) is 12.0. The summed E-state index contributed by atoms with van der Waals surface area (Å²) in [4.78, 5) is 24.4. The van der Waals surface area contributed by atoms with E-state index in [2.05, 4.69) is 32.1 Å². The van der Waals surface area contributed by atoms with Crippen LogP contribution in [0.3, 0.4) is 0 Å². The van der Waals surface area contributed by atoms with Crippen molar-refractivity contribution in [2.24, 2.45) is 0 Å². The van der Waals surface area contributed by atoms with Gasteiger partial charge in [-0.15, -0.1) is 0 Å². The molecule has 0 aliphatic carbocycles. The average Bonchev–Trinajstić information content (AvgIpc) is 2.93. The third-order valence-corrected chi connectivity index (χ3v) is 6.50. The molecule has 0 spiro atoms. The summed E-state index contributed by atoms with van der Waals surface area (Å²) in [7, 11) is 1.99. The minimum atomic E-state index is -1.03. The minimum Gasteiger partial charge on any atom is -0.367 e. The van der Waals surface area contributed by atoms with Gasteiger partial charge in [0.1, 0.15) is 0 Å². The summed E-state index contributed by atoms with van der Waals surface area (Å²) in [5.74, 6) is -3.14. The van der Waals surface area contributed by atoms with Crippen molar-refractivity contribution in [3.8, 4) is 11.1 Å². The van der Waals surface area contributed by atoms with Gasteiger partial charge < -0.3 is 20.4 Å². The van der Waals surface area contributed by atoms with Crippen LogP contribution in [0, 0.1) is 17.5 Å². The fourth-order valence-electron chi connectivity index (χ4n) is 4.40. The Balaban J connectivity index is 1.48. The lowest BCUT2D eigenvalue weighted by atomic mass is 10.0. The molecule has 194 valence electrons. The van der Waals surface area contributed by atoms with E-state index in [1.165, 1.54) is 24.4 Å². The lowest BCUT2D eigenvalue weighted by Gasteiger charge is -2.34. The van der Waals surface area contributed by atoms with E-state index in [0.717, 1.165) is 19.2 Å². The van der Waals surface area contributed by atoms with Gasteiger partial charge in [-0.1, -0.05) is 36.9 Å². The predicted molar refractivity (Wildman–Crippen MR) is 143 cm³/mol. The summed E-state index contributed by atoms with van der Waals surface area (Å²) >= 11 is 0. The highest BCUT2D eigenvalue weighted by Gasteiger charge is 2.22. The molecule has 1 aliphatic rings. The van der Waals surface area contributed by atoms with E-state index >= 15 is 8.78 Å². The smallest absolute Gasteiger partial charge is 0.247 e. The van der Waals surface area contributed by atoms with Gasteiger partial charge in [0.05, 0.1) is 22.6 Å². The molecule has 38 heavy (non-hydrogen) atoms. The fraction of sp³-hybridized carbons (Fsp3) is 0.179. The summed E-state index contributed by atoms with van der Waals surface area (Å²) in [6.45, 7) is 6.11. The number of nitrogens with zero attached hydrogens (tertiary/aromatic N) is 4. The minimum absolute atomic E-state index is 0.00482. The topological polar surface area (TPSA) is 73.4 Å². The van der Waals surface area contributed by atoms with Crippen molar-refractivity contribution >= 4 is 39.8 Å². The summed E-state index contributed by atoms with van der Waals surface area (Å²) in [5, 5.41) is 5.81. The molecular formula is C28H25F3N6O. The first kappa shape index (κ1) is 25.2. The predicted octanol–water partition coefficient (Wildman–Crippen LogP) is 5.33. The summed E-state index contributed by atoms with van der Waals surface area (Å²) in [6.07, 6.45) is 2.57. The zero-order chi connectivity index (χ0) is 26.8. The third-order valence-electron chi connectivity index (χ3n) is 6.50. The molecule has 1 saturated heterocycles. The van der Waals surface area contributed by atoms with Crippen molar-refractivity contribution in [1.29, 1.82) is 0 Å². The van der Waals surface area contributed by atoms with Gasteiger partial charge >= 0.3 is 0 Å². The SMILES string of the molecule is C=CC(=O)Nc1cccc(-c2cccc3cnc(Nc4ccc(N5CCN(C)CC5)c(F)c4F)nc23)c1F. The Morgan fingerprint density at radius 2 is 1.66 bits per heavy atom. The molecule has 1 fully saturated rings. The van der Waals surface area contributed by atoms with Crippen LogP contribution >= 0.6 is 0 Å². The molecular weight excluding hydrogens is 493 g/mol. The van der Waals surface area contributed by atoms with Crippen LogP contribution in [0.1, 0.15) is 0 Å². The van der Waals surface area contributed by atoms with Crippen LogP contribution in [0.2, 0.25) is 0 Å². The van der Waals surface area contributed by atoms with Crippen LogP contribution in [0.5, 0.6) is 0 Å². The second-order valence-corrected chi connectivity index (χ2v) is 8.97. The highest BCUT2D eigenvalue weighted by Crippen LogP contribution is 2.34. The van der Waals surface area contributed by atoms with Crippen LogP contribution < -0.4 is 15.5 Å². The molecule has 4 aromatic rings. The molecule has 10 heteroatoms. The number of benzene rings is 3. The molecule has 0 bridgehead atoms. The first-order chi connectivity index (χ1) is 18.4. The number of halogens is 3. The average molecular weight is 519 g/mol. The number of likely N-dealkylation sites (N-methyl/N-ethyl adjacent to an activating group) is 1. The molecule has 3 aromatic carbocycles. The first-order valence-corrected chi connectivity index (χ1v) is 12.0. The van der Waals surface area contributed by atoms with E-state index in [0.29, 0.717) is 29.6 Å². The third kappa shape index (κ3) is 4.90. The van der Waals surface area contributed by atoms with Crippen LogP contribution in [0.4, 0.5) is 36.2 Å². The number of piperazine rings is 1. The van der Waals surface area contributed by atoms with Gasteiger partial charge in [-0.3, -0.25) is 4.79 Å². The number of anilines is 4. The Morgan fingerprint density at radius 3 is 2.42 bits per heavy atom. The number of rotatable bonds is 6. The highest BCUT2D eigenvalue weighted by molar-refractivity contribution is 6.00. The number of carbonyl (C=O) groups is 1. The van der Waals surface area contributed by atoms with E-state index in [9.17, 15) is 9.18 Å². The molecule has 0 radical (unpaired) electrons. The van der Waals surface area contributed by atoms with Crippen LogP contribution in [0.15, 0.2) is 67.4 Å². The Labute approximate surface area is 217 Å². The number of fused-ring (bicyclic) bond motifs is 1. The molecule has 1 aromatic heterocycles. The number of amides is 1. The van der Waals surface area contributed by atoms with Crippen molar-refractivity contribution in [3.63, 3.8) is 0 Å². The molecule has 5 rings (SSSR count). The molecule has 1 aliphatic heterocycles. The molecule has 1 amide bonds. The highest BCUT2D eigenvalue weighted by atomic mass is 19.2. The van der Waals surface area contributed by atoms with Gasteiger partial charge in [-0.25, -0.2) is 23.1 Å². The maximum atomic E-state index is 15.3. The Hall–Kier alpha value is -4.44. The molecule has 0 saturated carbocycles. The van der Waals surface area contributed by atoms with Gasteiger partial charge in [0.2, 0.25) is 11.9 Å². The van der Waals surface area contributed by atoms with E-state index in [1.807, 2.05) is 11.9 Å². The zero-order valence-electron chi connectivity index (χ0n) is 20.6. The molecule has 0 atom stereocenters. The second-order valence-electron chi connectivity index (χ2n) is 8.97. The Morgan fingerprint density at radius 1 is 0.921 bits per heavy atom. The number of hydrogen-bond donors (Lipinski definition) is 2. The van der Waals surface area contributed by atoms with Crippen LogP contribution in [-0.4, -0.2) is 54.0 Å². The van der Waals surface area contributed by atoms with Gasteiger partial charge in [0.25, 0.3) is 0 Å². The summed E-state index contributed by atoms with van der Waals surface area (Å²) in [6, 6.07) is 12.8. The van der Waals surface area contributed by atoms with E-state index < -0.39 is 23.4 Å². The van der Waals surface area contributed by atoms with E-state index in [4.69, 9.17) is 0 Å². The largest absolute Gasteiger partial charge is 0.367 e. The standard InChI is InChI=1S/C28H25F3N6O/c1-3-23(38)33-20-9-5-7-18(24(20)29)19-8-4-6-17-16-32-28(35-27(17)19)34-21-10-11-22(26(31)25(21)30)37-14-12-36(2)13-15-37/h3-11,16H,1,12-15H2,2H3,(H,33,38)(H,32,34,35). The van der Waals surface area contributed by atoms with Gasteiger partial charge in [-0.2, -0.15) is 0 Å². The fourth-order valence-corrected chi connectivity index (χ4v) is 4.40. The van der Waals surface area contributed by atoms with Crippen molar-refractivity contribution in [2.45, 2.75) is 0 Å². The lowest BCUT2D eigenvalue weighted by Crippen LogP contribution is -2.44. The second kappa shape index (κ2) is 10.5. The molecule has 2 heterocycles. The van der Waals surface area contributed by atoms with E-state index in [1.54, 1.807) is 30.3 Å². The monoisotopic (exact) mass is 518 g/mol. The molecule has 0 unspecified atom stereocenters. The van der Waals surface area contributed by atoms with Crippen molar-refractivity contribution < 1.29 is 18.0 Å². The number of hydrogen-bond acceptors (Lipinski definition) is 6. The Bertz CT molecular complexity index is 1540. The quantitative estimate of drug-likeness (QED) is 0.336. The lowest BCUT2D eigenvalue weighted by molar-refractivity contribution is -0.111.